The second-order valence-corrected chi connectivity index (χ2v) is 5.89. The summed E-state index contributed by atoms with van der Waals surface area (Å²) in [6.07, 6.45) is 0. The van der Waals surface area contributed by atoms with Gasteiger partial charge >= 0.3 is 0 Å². The molecule has 1 unspecified atom stereocenters. The van der Waals surface area contributed by atoms with Crippen molar-refractivity contribution in [3.8, 4) is 0 Å². The lowest BCUT2D eigenvalue weighted by Gasteiger charge is -2.29. The van der Waals surface area contributed by atoms with Crippen LogP contribution in [0.25, 0.3) is 0 Å². The molecule has 104 valence electrons. The fourth-order valence-corrected chi connectivity index (χ4v) is 2.40. The molecule has 0 fully saturated rings. The minimum absolute atomic E-state index is 0.462. The van der Waals surface area contributed by atoms with Gasteiger partial charge < -0.3 is 11.1 Å². The molecular weight excluding hydrogens is 340 g/mol. The number of nitrogens with two attached hydrogens (primary N) is 1. The molecule has 2 rings (SSSR count). The number of amides is 1. The van der Waals surface area contributed by atoms with Crippen LogP contribution < -0.4 is 11.1 Å². The van der Waals surface area contributed by atoms with E-state index in [0.717, 1.165) is 15.7 Å². The van der Waals surface area contributed by atoms with E-state index in [-0.39, 0.29) is 0 Å². The average molecular weight is 354 g/mol. The third-order valence-corrected chi connectivity index (χ3v) is 4.12. The molecule has 3 N–H and O–H groups in total. The van der Waals surface area contributed by atoms with E-state index in [1.54, 1.807) is 31.2 Å². The summed E-state index contributed by atoms with van der Waals surface area (Å²) >= 11 is 9.33. The van der Waals surface area contributed by atoms with E-state index in [2.05, 4.69) is 21.2 Å². The molecule has 0 aliphatic heterocycles. The van der Waals surface area contributed by atoms with Gasteiger partial charge in [0.15, 0.2) is 0 Å². The minimum atomic E-state index is -1.02. The predicted molar refractivity (Wildman–Crippen MR) is 85.8 cm³/mol. The largest absolute Gasteiger partial charge is 0.367 e. The molecule has 1 amide bonds. The SMILES string of the molecule is CC(Nc1ccccc1Br)(C(N)=O)c1ccc(Cl)cc1. The van der Waals surface area contributed by atoms with Crippen molar-refractivity contribution in [2.24, 2.45) is 5.73 Å². The number of hydrogen-bond acceptors (Lipinski definition) is 2. The number of anilines is 1. The fraction of sp³-hybridized carbons (Fsp3) is 0.133. The van der Waals surface area contributed by atoms with E-state index in [1.807, 2.05) is 24.3 Å². The first kappa shape index (κ1) is 14.9. The number of nitrogens with one attached hydrogen (secondary N) is 1. The van der Waals surface area contributed by atoms with Gasteiger partial charge in [0, 0.05) is 15.2 Å². The van der Waals surface area contributed by atoms with Gasteiger partial charge in [0.1, 0.15) is 5.54 Å². The van der Waals surface area contributed by atoms with Gasteiger partial charge in [-0.1, -0.05) is 35.9 Å². The minimum Gasteiger partial charge on any atom is -0.367 e. The molecule has 3 nitrogen and oxygen atoms in total. The van der Waals surface area contributed by atoms with Gasteiger partial charge in [-0.2, -0.15) is 0 Å². The summed E-state index contributed by atoms with van der Waals surface area (Å²) in [5.74, 6) is -0.462. The third kappa shape index (κ3) is 2.97. The van der Waals surface area contributed by atoms with Gasteiger partial charge in [-0.3, -0.25) is 4.79 Å². The van der Waals surface area contributed by atoms with Crippen molar-refractivity contribution in [2.75, 3.05) is 5.32 Å². The maximum atomic E-state index is 11.9. The smallest absolute Gasteiger partial charge is 0.247 e. The molecule has 0 radical (unpaired) electrons. The molecule has 1 atom stereocenters. The Morgan fingerprint density at radius 3 is 2.35 bits per heavy atom. The van der Waals surface area contributed by atoms with Crippen LogP contribution in [-0.2, 0) is 10.3 Å². The van der Waals surface area contributed by atoms with Crippen LogP contribution in [0.1, 0.15) is 12.5 Å². The van der Waals surface area contributed by atoms with E-state index in [4.69, 9.17) is 17.3 Å². The summed E-state index contributed by atoms with van der Waals surface area (Å²) in [6.45, 7) is 1.75. The summed E-state index contributed by atoms with van der Waals surface area (Å²) in [7, 11) is 0. The standard InChI is InChI=1S/C15H14BrClN2O/c1-15(14(18)20,10-6-8-11(17)9-7-10)19-13-5-3-2-4-12(13)16/h2-9,19H,1H3,(H2,18,20). The lowest BCUT2D eigenvalue weighted by molar-refractivity contribution is -0.122. The zero-order valence-electron chi connectivity index (χ0n) is 10.9. The van der Waals surface area contributed by atoms with Crippen LogP contribution in [0.4, 0.5) is 5.69 Å². The summed E-state index contributed by atoms with van der Waals surface area (Å²) < 4.78 is 0.862. The van der Waals surface area contributed by atoms with Crippen molar-refractivity contribution in [2.45, 2.75) is 12.5 Å². The highest BCUT2D eigenvalue weighted by Crippen LogP contribution is 2.30. The molecule has 5 heteroatoms. The zero-order chi connectivity index (χ0) is 14.8. The molecule has 0 spiro atoms. The maximum Gasteiger partial charge on any atom is 0.247 e. The topological polar surface area (TPSA) is 55.1 Å². The first-order valence-corrected chi connectivity index (χ1v) is 7.19. The summed E-state index contributed by atoms with van der Waals surface area (Å²) in [4.78, 5) is 11.9. The predicted octanol–water partition coefficient (Wildman–Crippen LogP) is 3.92. The lowest BCUT2D eigenvalue weighted by Crippen LogP contribution is -2.45. The van der Waals surface area contributed by atoms with E-state index < -0.39 is 11.4 Å². The maximum absolute atomic E-state index is 11.9. The van der Waals surface area contributed by atoms with Crippen molar-refractivity contribution >= 4 is 39.1 Å². The van der Waals surface area contributed by atoms with Crippen LogP contribution in [-0.4, -0.2) is 5.91 Å². The number of carbonyl (C=O) groups is 1. The van der Waals surface area contributed by atoms with Crippen molar-refractivity contribution in [1.29, 1.82) is 0 Å². The highest BCUT2D eigenvalue weighted by atomic mass is 79.9. The van der Waals surface area contributed by atoms with Crippen molar-refractivity contribution in [1.82, 2.24) is 0 Å². The van der Waals surface area contributed by atoms with Gasteiger partial charge in [-0.15, -0.1) is 0 Å². The second-order valence-electron chi connectivity index (χ2n) is 4.60. The van der Waals surface area contributed by atoms with Crippen LogP contribution >= 0.6 is 27.5 Å². The van der Waals surface area contributed by atoms with E-state index in [0.29, 0.717) is 5.02 Å². The van der Waals surface area contributed by atoms with Crippen LogP contribution in [0, 0.1) is 0 Å². The molecule has 20 heavy (non-hydrogen) atoms. The van der Waals surface area contributed by atoms with E-state index in [9.17, 15) is 4.79 Å². The monoisotopic (exact) mass is 352 g/mol. The molecular formula is C15H14BrClN2O. The molecule has 0 saturated carbocycles. The zero-order valence-corrected chi connectivity index (χ0v) is 13.2. The average Bonchev–Trinajstić information content (AvgIpc) is 2.42. The quantitative estimate of drug-likeness (QED) is 0.875. The number of hydrogen-bond donors (Lipinski definition) is 2. The van der Waals surface area contributed by atoms with Crippen LogP contribution in [0.5, 0.6) is 0 Å². The highest BCUT2D eigenvalue weighted by Gasteiger charge is 2.33. The molecule has 0 aliphatic rings. The first-order valence-electron chi connectivity index (χ1n) is 6.02. The normalized spacial score (nSPS) is 13.6. The van der Waals surface area contributed by atoms with Gasteiger partial charge in [-0.25, -0.2) is 0 Å². The van der Waals surface area contributed by atoms with Gasteiger partial charge in [-0.05, 0) is 52.7 Å². The Balaban J connectivity index is 2.43. The molecule has 0 aromatic heterocycles. The van der Waals surface area contributed by atoms with Crippen LogP contribution in [0.2, 0.25) is 5.02 Å². The van der Waals surface area contributed by atoms with E-state index in [1.165, 1.54) is 0 Å². The summed E-state index contributed by atoms with van der Waals surface area (Å²) in [6, 6.07) is 14.6. The molecule has 2 aromatic carbocycles. The van der Waals surface area contributed by atoms with Crippen molar-refractivity contribution in [3.05, 3.63) is 63.6 Å². The molecule has 0 bridgehead atoms. The van der Waals surface area contributed by atoms with Crippen molar-refractivity contribution in [3.63, 3.8) is 0 Å². The first-order chi connectivity index (χ1) is 9.43. The highest BCUT2D eigenvalue weighted by molar-refractivity contribution is 9.10. The van der Waals surface area contributed by atoms with Gasteiger partial charge in [0.2, 0.25) is 5.91 Å². The number of halogens is 2. The third-order valence-electron chi connectivity index (χ3n) is 3.17. The summed E-state index contributed by atoms with van der Waals surface area (Å²) in [5.41, 5.74) is 6.12. The molecule has 0 aliphatic carbocycles. The number of rotatable bonds is 4. The number of primary amides is 1. The molecule has 2 aromatic rings. The number of carbonyl (C=O) groups excluding carboxylic acids is 1. The van der Waals surface area contributed by atoms with Gasteiger partial charge in [0.25, 0.3) is 0 Å². The Morgan fingerprint density at radius 2 is 1.80 bits per heavy atom. The number of benzene rings is 2. The summed E-state index contributed by atoms with van der Waals surface area (Å²) in [5, 5.41) is 3.81. The molecule has 0 saturated heterocycles. The Hall–Kier alpha value is -1.52. The fourth-order valence-electron chi connectivity index (χ4n) is 1.89. The Bertz CT molecular complexity index is 630. The van der Waals surface area contributed by atoms with Gasteiger partial charge in [0.05, 0.1) is 0 Å². The Morgan fingerprint density at radius 1 is 1.20 bits per heavy atom. The van der Waals surface area contributed by atoms with Crippen molar-refractivity contribution < 1.29 is 4.79 Å². The second kappa shape index (κ2) is 5.85. The van der Waals surface area contributed by atoms with E-state index >= 15 is 0 Å². The number of para-hydroxylation sites is 1. The lowest BCUT2D eigenvalue weighted by atomic mass is 9.91. The van der Waals surface area contributed by atoms with Crippen LogP contribution in [0.15, 0.2) is 53.0 Å². The Kier molecular flexibility index (Phi) is 4.35. The molecule has 0 heterocycles. The van der Waals surface area contributed by atoms with Crippen LogP contribution in [0.3, 0.4) is 0 Å². The Labute approximate surface area is 131 Å².